The van der Waals surface area contributed by atoms with Gasteiger partial charge in [-0.15, -0.1) is 0 Å². The lowest BCUT2D eigenvalue weighted by Gasteiger charge is -2.13. The van der Waals surface area contributed by atoms with E-state index in [0.29, 0.717) is 16.7 Å². The van der Waals surface area contributed by atoms with Gasteiger partial charge >= 0.3 is 6.61 Å². The molecule has 6 heteroatoms. The van der Waals surface area contributed by atoms with Crippen LogP contribution in [0.15, 0.2) is 71.5 Å². The number of para-hydroxylation sites is 1. The van der Waals surface area contributed by atoms with Crippen LogP contribution in [0.25, 0.3) is 28.7 Å². The van der Waals surface area contributed by atoms with E-state index in [-0.39, 0.29) is 11.3 Å². The van der Waals surface area contributed by atoms with E-state index in [1.165, 1.54) is 12.1 Å². The lowest BCUT2D eigenvalue weighted by atomic mass is 10.1. The van der Waals surface area contributed by atoms with Gasteiger partial charge < -0.3 is 4.74 Å². The van der Waals surface area contributed by atoms with Crippen LogP contribution in [0, 0.1) is 13.8 Å². The fourth-order valence-electron chi connectivity index (χ4n) is 3.31. The predicted octanol–water partition coefficient (Wildman–Crippen LogP) is 5.77. The van der Waals surface area contributed by atoms with Gasteiger partial charge in [-0.1, -0.05) is 36.4 Å². The molecule has 0 fully saturated rings. The number of ether oxygens (including phenoxy) is 1. The minimum atomic E-state index is -2.87. The monoisotopic (exact) mass is 418 g/mol. The zero-order valence-corrected chi connectivity index (χ0v) is 17.0. The lowest BCUT2D eigenvalue weighted by molar-refractivity contribution is -0.0498. The van der Waals surface area contributed by atoms with Gasteiger partial charge in [0.15, 0.2) is 0 Å². The van der Waals surface area contributed by atoms with E-state index >= 15 is 0 Å². The second-order valence-electron chi connectivity index (χ2n) is 7.18. The fraction of sp³-hybridized carbons (Fsp3) is 0.120. The van der Waals surface area contributed by atoms with Crippen molar-refractivity contribution >= 4 is 23.1 Å². The van der Waals surface area contributed by atoms with Crippen molar-refractivity contribution in [1.29, 1.82) is 0 Å². The first-order valence-electron chi connectivity index (χ1n) is 9.75. The maximum Gasteiger partial charge on any atom is 0.387 e. The second kappa shape index (κ2) is 8.52. The summed E-state index contributed by atoms with van der Waals surface area (Å²) >= 11 is 0. The van der Waals surface area contributed by atoms with Gasteiger partial charge in [0.2, 0.25) is 0 Å². The van der Waals surface area contributed by atoms with Crippen LogP contribution in [0.4, 0.5) is 8.78 Å². The van der Waals surface area contributed by atoms with Crippen molar-refractivity contribution in [3.63, 3.8) is 0 Å². The van der Waals surface area contributed by atoms with E-state index in [4.69, 9.17) is 0 Å². The van der Waals surface area contributed by atoms with Crippen LogP contribution >= 0.6 is 0 Å². The minimum Gasteiger partial charge on any atom is -0.435 e. The molecule has 0 aliphatic heterocycles. The molecule has 1 heterocycles. The predicted molar refractivity (Wildman–Crippen MR) is 119 cm³/mol. The average molecular weight is 418 g/mol. The zero-order chi connectivity index (χ0) is 22.0. The van der Waals surface area contributed by atoms with Gasteiger partial charge in [0, 0.05) is 0 Å². The summed E-state index contributed by atoms with van der Waals surface area (Å²) in [6.07, 6.45) is 3.52. The number of halogens is 2. The quantitative estimate of drug-likeness (QED) is 0.413. The molecule has 156 valence electrons. The largest absolute Gasteiger partial charge is 0.435 e. The number of aromatic nitrogens is 2. The van der Waals surface area contributed by atoms with Gasteiger partial charge in [0.05, 0.1) is 16.6 Å². The number of alkyl halides is 2. The van der Waals surface area contributed by atoms with Crippen molar-refractivity contribution < 1.29 is 13.5 Å². The Morgan fingerprint density at radius 2 is 1.68 bits per heavy atom. The second-order valence-corrected chi connectivity index (χ2v) is 7.18. The molecule has 31 heavy (non-hydrogen) atoms. The highest BCUT2D eigenvalue weighted by atomic mass is 19.3. The summed E-state index contributed by atoms with van der Waals surface area (Å²) in [5, 5.41) is 0.534. The van der Waals surface area contributed by atoms with Gasteiger partial charge in [0.25, 0.3) is 5.56 Å². The van der Waals surface area contributed by atoms with E-state index in [2.05, 4.69) is 9.72 Å². The van der Waals surface area contributed by atoms with E-state index in [0.717, 1.165) is 22.4 Å². The van der Waals surface area contributed by atoms with Gasteiger partial charge in [-0.25, -0.2) is 4.98 Å². The minimum absolute atomic E-state index is 0.0861. The smallest absolute Gasteiger partial charge is 0.387 e. The lowest BCUT2D eigenvalue weighted by Crippen LogP contribution is -2.22. The van der Waals surface area contributed by atoms with Crippen LogP contribution in [0.3, 0.4) is 0 Å². The third kappa shape index (κ3) is 4.38. The number of aryl methyl sites for hydroxylation is 2. The van der Waals surface area contributed by atoms with E-state index in [1.807, 2.05) is 44.2 Å². The fourth-order valence-corrected chi connectivity index (χ4v) is 3.31. The number of hydrogen-bond donors (Lipinski definition) is 0. The highest BCUT2D eigenvalue weighted by molar-refractivity contribution is 5.80. The molecule has 4 nitrogen and oxygen atoms in total. The number of nitrogens with zero attached hydrogens (tertiary/aromatic N) is 2. The van der Waals surface area contributed by atoms with Crippen molar-refractivity contribution in [3.05, 3.63) is 99.6 Å². The molecule has 0 N–H and O–H groups in total. The highest BCUT2D eigenvalue weighted by Gasteiger charge is 2.11. The molecule has 0 aliphatic carbocycles. The van der Waals surface area contributed by atoms with Crippen molar-refractivity contribution in [2.24, 2.45) is 0 Å². The maximum atomic E-state index is 13.3. The summed E-state index contributed by atoms with van der Waals surface area (Å²) in [5.41, 5.74) is 4.14. The SMILES string of the molecule is Cc1ccc(-n2c(/C=C/c3ccc(OC(F)F)cc3)nc3ccccc3c2=O)cc1C. The van der Waals surface area contributed by atoms with E-state index < -0.39 is 6.61 Å². The molecule has 0 radical (unpaired) electrons. The molecule has 4 aromatic rings. The Labute approximate surface area is 178 Å². The summed E-state index contributed by atoms with van der Waals surface area (Å²) in [7, 11) is 0. The van der Waals surface area contributed by atoms with Gasteiger partial charge in [-0.3, -0.25) is 9.36 Å². The number of fused-ring (bicyclic) bond motifs is 1. The molecule has 0 saturated carbocycles. The first-order valence-corrected chi connectivity index (χ1v) is 9.75. The van der Waals surface area contributed by atoms with Crippen molar-refractivity contribution in [2.75, 3.05) is 0 Å². The van der Waals surface area contributed by atoms with Crippen LogP contribution in [0.2, 0.25) is 0 Å². The molecule has 0 saturated heterocycles. The van der Waals surface area contributed by atoms with Gasteiger partial charge in [0.1, 0.15) is 11.6 Å². The third-order valence-electron chi connectivity index (χ3n) is 5.08. The Hall–Kier alpha value is -3.80. The molecule has 0 bridgehead atoms. The summed E-state index contributed by atoms with van der Waals surface area (Å²) in [6.45, 7) is 1.15. The molecule has 3 aromatic carbocycles. The Kier molecular flexibility index (Phi) is 5.62. The molecule has 0 atom stereocenters. The van der Waals surface area contributed by atoms with Crippen molar-refractivity contribution in [1.82, 2.24) is 9.55 Å². The first-order chi connectivity index (χ1) is 14.9. The molecule has 0 unspecified atom stereocenters. The van der Waals surface area contributed by atoms with Gasteiger partial charge in [-0.2, -0.15) is 8.78 Å². The Balaban J connectivity index is 1.81. The molecule has 1 aromatic heterocycles. The third-order valence-corrected chi connectivity index (χ3v) is 5.08. The van der Waals surface area contributed by atoms with E-state index in [9.17, 15) is 13.6 Å². The number of hydrogen-bond acceptors (Lipinski definition) is 3. The van der Waals surface area contributed by atoms with Gasteiger partial charge in [-0.05, 0) is 73.0 Å². The van der Waals surface area contributed by atoms with E-state index in [1.54, 1.807) is 41.0 Å². The summed E-state index contributed by atoms with van der Waals surface area (Å²) in [4.78, 5) is 18.0. The topological polar surface area (TPSA) is 44.1 Å². The van der Waals surface area contributed by atoms with Crippen LogP contribution in [-0.2, 0) is 0 Å². The molecule has 0 spiro atoms. The first kappa shape index (κ1) is 20.5. The van der Waals surface area contributed by atoms with Crippen LogP contribution in [-0.4, -0.2) is 16.2 Å². The normalized spacial score (nSPS) is 11.5. The van der Waals surface area contributed by atoms with Crippen LogP contribution in [0.1, 0.15) is 22.5 Å². The summed E-state index contributed by atoms with van der Waals surface area (Å²) in [6, 6.07) is 19.3. The number of rotatable bonds is 5. The zero-order valence-electron chi connectivity index (χ0n) is 17.0. The highest BCUT2D eigenvalue weighted by Crippen LogP contribution is 2.19. The maximum absolute atomic E-state index is 13.3. The molecule has 4 rings (SSSR count). The molecule has 0 aliphatic rings. The molecular formula is C25H20F2N2O2. The number of benzene rings is 3. The molecular weight excluding hydrogens is 398 g/mol. The molecule has 0 amide bonds. The van der Waals surface area contributed by atoms with Crippen LogP contribution in [0.5, 0.6) is 5.75 Å². The Morgan fingerprint density at radius 3 is 2.39 bits per heavy atom. The summed E-state index contributed by atoms with van der Waals surface area (Å²) in [5.74, 6) is 0.558. The van der Waals surface area contributed by atoms with Crippen molar-refractivity contribution in [2.45, 2.75) is 20.5 Å². The Morgan fingerprint density at radius 1 is 0.935 bits per heavy atom. The Bertz CT molecular complexity index is 1330. The summed E-state index contributed by atoms with van der Waals surface area (Å²) < 4.78 is 30.6. The average Bonchev–Trinajstić information content (AvgIpc) is 2.75. The van der Waals surface area contributed by atoms with Crippen LogP contribution < -0.4 is 10.3 Å². The van der Waals surface area contributed by atoms with Crippen molar-refractivity contribution in [3.8, 4) is 11.4 Å². The standard InChI is InChI=1S/C25H20F2N2O2/c1-16-7-11-19(15-17(16)2)29-23(28-22-6-4-3-5-21(22)24(29)30)14-10-18-8-12-20(13-9-18)31-25(26)27/h3-15,25H,1-2H3/b14-10+.